The van der Waals surface area contributed by atoms with E-state index in [-0.39, 0.29) is 23.7 Å². The van der Waals surface area contributed by atoms with Crippen molar-refractivity contribution in [3.63, 3.8) is 0 Å². The van der Waals surface area contributed by atoms with E-state index in [4.69, 9.17) is 11.6 Å². The molecule has 6 nitrogen and oxygen atoms in total. The Morgan fingerprint density at radius 2 is 2.17 bits per heavy atom. The summed E-state index contributed by atoms with van der Waals surface area (Å²) in [5.41, 5.74) is 1.78. The molecule has 2 aromatic rings. The molecular weight excluding hydrogens is 408 g/mol. The molecule has 3 rings (SSSR count). The van der Waals surface area contributed by atoms with E-state index >= 15 is 0 Å². The molecule has 2 unspecified atom stereocenters. The van der Waals surface area contributed by atoms with Crippen LogP contribution in [0.3, 0.4) is 0 Å². The first-order valence-corrected chi connectivity index (χ1v) is 11.3. The summed E-state index contributed by atoms with van der Waals surface area (Å²) in [5, 5.41) is 13.2. The van der Waals surface area contributed by atoms with Crippen molar-refractivity contribution in [1.29, 1.82) is 0 Å². The number of benzene rings is 1. The third kappa shape index (κ3) is 5.14. The number of nitrogens with zero attached hydrogens (tertiary/aromatic N) is 3. The Labute approximate surface area is 180 Å². The van der Waals surface area contributed by atoms with Gasteiger partial charge in [-0.1, -0.05) is 55.7 Å². The van der Waals surface area contributed by atoms with Crippen molar-refractivity contribution in [2.45, 2.75) is 58.8 Å². The quantitative estimate of drug-likeness (QED) is 0.621. The van der Waals surface area contributed by atoms with Crippen molar-refractivity contribution in [3.05, 3.63) is 33.8 Å². The van der Waals surface area contributed by atoms with E-state index in [9.17, 15) is 9.59 Å². The zero-order valence-electron chi connectivity index (χ0n) is 17.1. The maximum atomic E-state index is 12.5. The van der Waals surface area contributed by atoms with Gasteiger partial charge in [-0.15, -0.1) is 10.2 Å². The largest absolute Gasteiger partial charge is 0.312 e. The standard InChI is InChI=1S/C21H27ClN4O2S/c1-4-6-7-14(5-2)19(28)23-21-25-24-20(29-21)15-10-18(27)26(12-15)16-9-8-13(3)17(22)11-16/h8-9,11,14-15H,4-7,10,12H2,1-3H3,(H,23,25,28). The molecule has 2 atom stereocenters. The molecule has 0 saturated carbocycles. The summed E-state index contributed by atoms with van der Waals surface area (Å²) in [6.45, 7) is 6.62. The summed E-state index contributed by atoms with van der Waals surface area (Å²) < 4.78 is 0. The molecule has 8 heteroatoms. The number of hydrogen-bond acceptors (Lipinski definition) is 5. The van der Waals surface area contributed by atoms with Gasteiger partial charge in [-0.05, 0) is 37.5 Å². The van der Waals surface area contributed by atoms with Crippen LogP contribution in [0.1, 0.15) is 62.4 Å². The van der Waals surface area contributed by atoms with Crippen LogP contribution in [0.15, 0.2) is 18.2 Å². The van der Waals surface area contributed by atoms with E-state index in [1.54, 1.807) is 4.90 Å². The van der Waals surface area contributed by atoms with Gasteiger partial charge < -0.3 is 10.2 Å². The SMILES string of the molecule is CCCCC(CC)C(=O)Nc1nnc(C2CC(=O)N(c3ccc(C)c(Cl)c3)C2)s1. The number of aryl methyl sites for hydroxylation is 1. The molecule has 1 N–H and O–H groups in total. The lowest BCUT2D eigenvalue weighted by atomic mass is 9.99. The number of amides is 2. The number of nitrogens with one attached hydrogen (secondary N) is 1. The van der Waals surface area contributed by atoms with Gasteiger partial charge in [-0.3, -0.25) is 9.59 Å². The minimum absolute atomic E-state index is 0.00192. The Balaban J connectivity index is 1.65. The Morgan fingerprint density at radius 1 is 1.38 bits per heavy atom. The topological polar surface area (TPSA) is 75.2 Å². The highest BCUT2D eigenvalue weighted by atomic mass is 35.5. The number of halogens is 1. The van der Waals surface area contributed by atoms with Crippen LogP contribution in [0.5, 0.6) is 0 Å². The van der Waals surface area contributed by atoms with Crippen LogP contribution >= 0.6 is 22.9 Å². The van der Waals surface area contributed by atoms with Crippen LogP contribution in [0.4, 0.5) is 10.8 Å². The maximum absolute atomic E-state index is 12.5. The Kier molecular flexibility index (Phi) is 7.24. The van der Waals surface area contributed by atoms with Crippen molar-refractivity contribution >= 4 is 45.6 Å². The van der Waals surface area contributed by atoms with Gasteiger partial charge in [0.1, 0.15) is 5.01 Å². The number of carbonyl (C=O) groups excluding carboxylic acids is 2. The van der Waals surface area contributed by atoms with E-state index in [1.165, 1.54) is 11.3 Å². The highest BCUT2D eigenvalue weighted by Crippen LogP contribution is 2.35. The fourth-order valence-electron chi connectivity index (χ4n) is 3.50. The fourth-order valence-corrected chi connectivity index (χ4v) is 4.51. The first kappa shape index (κ1) is 21.7. The summed E-state index contributed by atoms with van der Waals surface area (Å²) in [7, 11) is 0. The van der Waals surface area contributed by atoms with Crippen molar-refractivity contribution in [3.8, 4) is 0 Å². The molecule has 0 radical (unpaired) electrons. The van der Waals surface area contributed by atoms with E-state index in [1.807, 2.05) is 32.0 Å². The minimum Gasteiger partial charge on any atom is -0.312 e. The van der Waals surface area contributed by atoms with Gasteiger partial charge in [-0.2, -0.15) is 0 Å². The summed E-state index contributed by atoms with van der Waals surface area (Å²) in [5.74, 6) is 0.00770. The molecule has 1 saturated heterocycles. The van der Waals surface area contributed by atoms with Crippen LogP contribution in [-0.2, 0) is 9.59 Å². The molecule has 156 valence electrons. The lowest BCUT2D eigenvalue weighted by molar-refractivity contribution is -0.120. The average molecular weight is 435 g/mol. The lowest BCUT2D eigenvalue weighted by Gasteiger charge is -2.17. The summed E-state index contributed by atoms with van der Waals surface area (Å²) >= 11 is 7.57. The molecule has 1 aliphatic heterocycles. The molecule has 0 spiro atoms. The number of unbranched alkanes of at least 4 members (excludes halogenated alkanes) is 1. The molecule has 0 aliphatic carbocycles. The summed E-state index contributed by atoms with van der Waals surface area (Å²) in [4.78, 5) is 26.8. The van der Waals surface area contributed by atoms with E-state index in [0.29, 0.717) is 23.1 Å². The van der Waals surface area contributed by atoms with Crippen LogP contribution in [0.25, 0.3) is 0 Å². The second-order valence-corrected chi connectivity index (χ2v) is 8.94. The van der Waals surface area contributed by atoms with Gasteiger partial charge in [0.15, 0.2) is 0 Å². The summed E-state index contributed by atoms with van der Waals surface area (Å²) in [6, 6.07) is 5.65. The lowest BCUT2D eigenvalue weighted by Crippen LogP contribution is -2.24. The molecule has 2 heterocycles. The van der Waals surface area contributed by atoms with Gasteiger partial charge in [0.2, 0.25) is 16.9 Å². The van der Waals surface area contributed by atoms with E-state index in [0.717, 1.165) is 41.9 Å². The van der Waals surface area contributed by atoms with Crippen molar-refractivity contribution in [2.75, 3.05) is 16.8 Å². The Bertz CT molecular complexity index is 885. The fraction of sp³-hybridized carbons (Fsp3) is 0.524. The van der Waals surface area contributed by atoms with Crippen LogP contribution in [0, 0.1) is 12.8 Å². The van der Waals surface area contributed by atoms with Gasteiger partial charge >= 0.3 is 0 Å². The van der Waals surface area contributed by atoms with Gasteiger partial charge in [0.25, 0.3) is 0 Å². The Morgan fingerprint density at radius 3 is 2.86 bits per heavy atom. The molecule has 2 amide bonds. The van der Waals surface area contributed by atoms with E-state index in [2.05, 4.69) is 22.4 Å². The first-order chi connectivity index (χ1) is 13.9. The predicted molar refractivity (Wildman–Crippen MR) is 118 cm³/mol. The van der Waals surface area contributed by atoms with Gasteiger partial charge in [0.05, 0.1) is 0 Å². The smallest absolute Gasteiger partial charge is 0.229 e. The second-order valence-electron chi connectivity index (χ2n) is 7.52. The highest BCUT2D eigenvalue weighted by molar-refractivity contribution is 7.15. The second kappa shape index (κ2) is 9.67. The summed E-state index contributed by atoms with van der Waals surface area (Å²) in [6.07, 6.45) is 4.18. The van der Waals surface area contributed by atoms with Gasteiger partial charge in [0, 0.05) is 35.5 Å². The maximum Gasteiger partial charge on any atom is 0.229 e. The van der Waals surface area contributed by atoms with Crippen molar-refractivity contribution < 1.29 is 9.59 Å². The number of anilines is 2. The molecule has 1 aromatic carbocycles. The third-order valence-corrected chi connectivity index (χ3v) is 6.79. The van der Waals surface area contributed by atoms with Crippen LogP contribution in [0.2, 0.25) is 5.02 Å². The molecular formula is C21H27ClN4O2S. The van der Waals surface area contributed by atoms with Crippen molar-refractivity contribution in [1.82, 2.24) is 10.2 Å². The van der Waals surface area contributed by atoms with E-state index < -0.39 is 0 Å². The van der Waals surface area contributed by atoms with Crippen LogP contribution in [-0.4, -0.2) is 28.6 Å². The van der Waals surface area contributed by atoms with Crippen molar-refractivity contribution in [2.24, 2.45) is 5.92 Å². The average Bonchev–Trinajstić information content (AvgIpc) is 3.31. The monoisotopic (exact) mass is 434 g/mol. The number of carbonyl (C=O) groups is 2. The molecule has 1 fully saturated rings. The number of aromatic nitrogens is 2. The predicted octanol–water partition coefficient (Wildman–Crippen LogP) is 5.18. The highest BCUT2D eigenvalue weighted by Gasteiger charge is 2.34. The molecule has 1 aromatic heterocycles. The third-order valence-electron chi connectivity index (χ3n) is 5.38. The molecule has 0 bridgehead atoms. The van der Waals surface area contributed by atoms with Crippen LogP contribution < -0.4 is 10.2 Å². The number of rotatable bonds is 8. The zero-order chi connectivity index (χ0) is 21.0. The normalized spacial score (nSPS) is 17.6. The minimum atomic E-state index is -0.0344. The Hall–Kier alpha value is -1.99. The first-order valence-electron chi connectivity index (χ1n) is 10.1. The zero-order valence-corrected chi connectivity index (χ0v) is 18.6. The molecule has 1 aliphatic rings. The molecule has 29 heavy (non-hydrogen) atoms. The van der Waals surface area contributed by atoms with Gasteiger partial charge in [-0.25, -0.2) is 0 Å². The number of hydrogen-bond donors (Lipinski definition) is 1.